The molecule has 170 valence electrons. The molecule has 7 nitrogen and oxygen atoms in total. The average Bonchev–Trinajstić information content (AvgIpc) is 3.04. The fraction of sp³-hybridized carbons (Fsp3) is 0.208. The van der Waals surface area contributed by atoms with Crippen LogP contribution in [0.4, 0.5) is 4.79 Å². The average molecular weight is 486 g/mol. The Labute approximate surface area is 200 Å². The minimum Gasteiger partial charge on any atom is -0.409 e. The van der Waals surface area contributed by atoms with Crippen LogP contribution in [-0.2, 0) is 0 Å². The van der Waals surface area contributed by atoms with Gasteiger partial charge in [0.1, 0.15) is 5.75 Å². The van der Waals surface area contributed by atoms with Crippen LogP contribution in [-0.4, -0.2) is 53.9 Å². The zero-order chi connectivity index (χ0) is 23.5. The van der Waals surface area contributed by atoms with Gasteiger partial charge < -0.3 is 20.3 Å². The molecule has 0 atom stereocenters. The number of primary amides is 1. The van der Waals surface area contributed by atoms with Crippen molar-refractivity contribution in [1.82, 2.24) is 9.80 Å². The Morgan fingerprint density at radius 3 is 2.24 bits per heavy atom. The van der Waals surface area contributed by atoms with Crippen molar-refractivity contribution in [3.05, 3.63) is 75.8 Å². The molecule has 2 N–H and O–H groups in total. The van der Waals surface area contributed by atoms with Crippen LogP contribution in [0.1, 0.15) is 27.1 Å². The monoisotopic (exact) mass is 485 g/mol. The Bertz CT molecular complexity index is 1230. The van der Waals surface area contributed by atoms with Crippen molar-refractivity contribution < 1.29 is 19.1 Å². The highest BCUT2D eigenvalue weighted by molar-refractivity contribution is 6.35. The molecule has 0 radical (unpaired) electrons. The van der Waals surface area contributed by atoms with Crippen molar-refractivity contribution in [2.45, 2.75) is 6.42 Å². The van der Waals surface area contributed by atoms with E-state index in [1.807, 2.05) is 12.1 Å². The Kier molecular flexibility index (Phi) is 6.72. The lowest BCUT2D eigenvalue weighted by molar-refractivity contribution is 0.0759. The van der Waals surface area contributed by atoms with Crippen LogP contribution >= 0.6 is 23.2 Å². The zero-order valence-electron chi connectivity index (χ0n) is 17.6. The van der Waals surface area contributed by atoms with Gasteiger partial charge in [-0.2, -0.15) is 0 Å². The van der Waals surface area contributed by atoms with Gasteiger partial charge in [-0.05, 0) is 41.5 Å². The maximum absolute atomic E-state index is 12.9. The summed E-state index contributed by atoms with van der Waals surface area (Å²) in [7, 11) is 0. The molecule has 0 saturated carbocycles. The molecule has 1 saturated heterocycles. The number of benzene rings is 3. The summed E-state index contributed by atoms with van der Waals surface area (Å²) in [6.07, 6.45) is -0.0388. The van der Waals surface area contributed by atoms with E-state index < -0.39 is 12.0 Å². The summed E-state index contributed by atoms with van der Waals surface area (Å²) in [4.78, 5) is 41.0. The van der Waals surface area contributed by atoms with Crippen LogP contribution in [0.2, 0.25) is 10.0 Å². The van der Waals surface area contributed by atoms with Crippen LogP contribution < -0.4 is 10.5 Å². The Hall–Kier alpha value is -3.29. The Morgan fingerprint density at radius 2 is 1.52 bits per heavy atom. The Morgan fingerprint density at radius 1 is 0.848 bits per heavy atom. The van der Waals surface area contributed by atoms with Crippen LogP contribution in [0, 0.1) is 0 Å². The van der Waals surface area contributed by atoms with Gasteiger partial charge in [-0.1, -0.05) is 53.5 Å². The number of carbonyl (C=O) groups excluding carboxylic acids is 3. The molecule has 0 spiro atoms. The van der Waals surface area contributed by atoms with E-state index in [2.05, 4.69) is 0 Å². The van der Waals surface area contributed by atoms with Gasteiger partial charge in [0.05, 0.1) is 5.56 Å². The van der Waals surface area contributed by atoms with E-state index in [0.717, 1.165) is 5.39 Å². The second-order valence-corrected chi connectivity index (χ2v) is 8.56. The summed E-state index contributed by atoms with van der Waals surface area (Å²) in [5.74, 6) is -0.778. The standard InChI is InChI=1S/C24H21Cl2N3O4/c25-17-12-16(13-18(26)14-17)23(31)28-8-3-9-29(11-10-28)24(32)33-20-7-6-15-4-1-2-5-19(15)21(20)22(27)30/h1-2,4-7,12-14H,3,8-11H2,(H2,27,30). The summed E-state index contributed by atoms with van der Waals surface area (Å²) in [5, 5.41) is 2.19. The summed E-state index contributed by atoms with van der Waals surface area (Å²) in [5.41, 5.74) is 6.13. The molecule has 3 aromatic rings. The van der Waals surface area contributed by atoms with E-state index in [1.54, 1.807) is 47.4 Å². The third-order valence-corrected chi connectivity index (χ3v) is 5.92. The molecular weight excluding hydrogens is 465 g/mol. The summed E-state index contributed by atoms with van der Waals surface area (Å²) >= 11 is 12.0. The topological polar surface area (TPSA) is 92.9 Å². The molecule has 4 rings (SSSR count). The van der Waals surface area contributed by atoms with Crippen molar-refractivity contribution in [1.29, 1.82) is 0 Å². The second kappa shape index (κ2) is 9.68. The van der Waals surface area contributed by atoms with Gasteiger partial charge in [-0.25, -0.2) is 4.79 Å². The van der Waals surface area contributed by atoms with E-state index in [4.69, 9.17) is 33.7 Å². The van der Waals surface area contributed by atoms with Crippen LogP contribution in [0.5, 0.6) is 5.75 Å². The molecule has 3 amide bonds. The quantitative estimate of drug-likeness (QED) is 0.586. The summed E-state index contributed by atoms with van der Waals surface area (Å²) < 4.78 is 5.57. The van der Waals surface area contributed by atoms with Crippen LogP contribution in [0.3, 0.4) is 0 Å². The Balaban J connectivity index is 1.48. The van der Waals surface area contributed by atoms with Gasteiger partial charge in [0.25, 0.3) is 11.8 Å². The predicted octanol–water partition coefficient (Wildman–Crippen LogP) is 4.59. The first-order valence-electron chi connectivity index (χ1n) is 10.4. The first-order chi connectivity index (χ1) is 15.8. The number of rotatable bonds is 3. The number of ether oxygens (including phenoxy) is 1. The highest BCUT2D eigenvalue weighted by atomic mass is 35.5. The maximum atomic E-state index is 12.9. The predicted molar refractivity (Wildman–Crippen MR) is 127 cm³/mol. The third-order valence-electron chi connectivity index (χ3n) is 5.49. The van der Waals surface area contributed by atoms with E-state index in [0.29, 0.717) is 47.1 Å². The largest absolute Gasteiger partial charge is 0.415 e. The van der Waals surface area contributed by atoms with Gasteiger partial charge in [0.15, 0.2) is 0 Å². The lowest BCUT2D eigenvalue weighted by atomic mass is 10.0. The third kappa shape index (κ3) is 5.05. The van der Waals surface area contributed by atoms with E-state index in [1.165, 1.54) is 4.90 Å². The lowest BCUT2D eigenvalue weighted by Gasteiger charge is -2.22. The van der Waals surface area contributed by atoms with Gasteiger partial charge in [-0.3, -0.25) is 9.59 Å². The van der Waals surface area contributed by atoms with Gasteiger partial charge >= 0.3 is 6.09 Å². The number of nitrogens with two attached hydrogens (primary N) is 1. The molecule has 0 unspecified atom stereocenters. The van der Waals surface area contributed by atoms with Crippen LogP contribution in [0.25, 0.3) is 10.8 Å². The fourth-order valence-corrected chi connectivity index (χ4v) is 4.44. The van der Waals surface area contributed by atoms with Gasteiger partial charge in [-0.15, -0.1) is 0 Å². The molecule has 33 heavy (non-hydrogen) atoms. The smallest absolute Gasteiger partial charge is 0.409 e. The highest BCUT2D eigenvalue weighted by Crippen LogP contribution is 2.28. The zero-order valence-corrected chi connectivity index (χ0v) is 19.1. The molecule has 0 aliphatic carbocycles. The number of hydrogen-bond acceptors (Lipinski definition) is 4. The van der Waals surface area contributed by atoms with Gasteiger partial charge in [0, 0.05) is 41.8 Å². The first-order valence-corrected chi connectivity index (χ1v) is 11.1. The van der Waals surface area contributed by atoms with Crippen molar-refractivity contribution in [3.63, 3.8) is 0 Å². The number of carbonyl (C=O) groups is 3. The van der Waals surface area contributed by atoms with Crippen molar-refractivity contribution in [2.24, 2.45) is 5.73 Å². The molecule has 0 bridgehead atoms. The number of fused-ring (bicyclic) bond motifs is 1. The molecule has 1 heterocycles. The molecule has 0 aromatic heterocycles. The summed E-state index contributed by atoms with van der Waals surface area (Å²) in [6, 6.07) is 15.3. The first kappa shape index (κ1) is 22.9. The number of nitrogens with zero attached hydrogens (tertiary/aromatic N) is 2. The summed E-state index contributed by atoms with van der Waals surface area (Å²) in [6.45, 7) is 1.46. The van der Waals surface area contributed by atoms with E-state index in [9.17, 15) is 14.4 Å². The minimum atomic E-state index is -0.678. The van der Waals surface area contributed by atoms with E-state index >= 15 is 0 Å². The molecule has 1 aliphatic rings. The number of amides is 3. The number of halogens is 2. The second-order valence-electron chi connectivity index (χ2n) is 7.68. The fourth-order valence-electron chi connectivity index (χ4n) is 3.91. The minimum absolute atomic E-state index is 0.108. The SMILES string of the molecule is NC(=O)c1c(OC(=O)N2CCCN(C(=O)c3cc(Cl)cc(Cl)c3)CC2)ccc2ccccc12. The highest BCUT2D eigenvalue weighted by Gasteiger charge is 2.25. The maximum Gasteiger partial charge on any atom is 0.415 e. The van der Waals surface area contributed by atoms with Crippen molar-refractivity contribution in [2.75, 3.05) is 26.2 Å². The molecule has 1 fully saturated rings. The van der Waals surface area contributed by atoms with Crippen LogP contribution in [0.15, 0.2) is 54.6 Å². The van der Waals surface area contributed by atoms with E-state index in [-0.39, 0.29) is 23.8 Å². The lowest BCUT2D eigenvalue weighted by Crippen LogP contribution is -2.38. The molecular formula is C24H21Cl2N3O4. The number of hydrogen-bond donors (Lipinski definition) is 1. The molecule has 9 heteroatoms. The molecule has 1 aliphatic heterocycles. The van der Waals surface area contributed by atoms with Crippen molar-refractivity contribution in [3.8, 4) is 5.75 Å². The van der Waals surface area contributed by atoms with Crippen molar-refractivity contribution >= 4 is 51.9 Å². The molecule has 3 aromatic carbocycles. The van der Waals surface area contributed by atoms with Gasteiger partial charge in [0.2, 0.25) is 0 Å². The normalized spacial score (nSPS) is 14.1.